The van der Waals surface area contributed by atoms with Crippen LogP contribution in [0, 0.1) is 0 Å². The highest BCUT2D eigenvalue weighted by Crippen LogP contribution is 2.15. The number of benzene rings is 2. The summed E-state index contributed by atoms with van der Waals surface area (Å²) < 4.78 is 5.60. The van der Waals surface area contributed by atoms with Crippen LogP contribution in [0.2, 0.25) is 0 Å². The van der Waals surface area contributed by atoms with Gasteiger partial charge in [0.05, 0.1) is 17.6 Å². The Hall–Kier alpha value is -2.86. The number of nitrogens with one attached hydrogen (secondary N) is 2. The van der Waals surface area contributed by atoms with Gasteiger partial charge in [0.1, 0.15) is 18.2 Å². The average Bonchev–Trinajstić information content (AvgIpc) is 3.07. The van der Waals surface area contributed by atoms with E-state index in [0.29, 0.717) is 24.5 Å². The number of hydrogen-bond acceptors (Lipinski definition) is 4. The van der Waals surface area contributed by atoms with Crippen LogP contribution >= 0.6 is 0 Å². The third kappa shape index (κ3) is 4.16. The summed E-state index contributed by atoms with van der Waals surface area (Å²) in [4.78, 5) is 19.6. The summed E-state index contributed by atoms with van der Waals surface area (Å²) in [6.07, 6.45) is 0.953. The third-order valence-corrected chi connectivity index (χ3v) is 3.77. The highest BCUT2D eigenvalue weighted by molar-refractivity contribution is 5.97. The number of aliphatic hydroxyl groups is 1. The number of aliphatic hydroxyl groups excluding tert-OH is 1. The van der Waals surface area contributed by atoms with Crippen molar-refractivity contribution in [3.8, 4) is 5.75 Å². The Morgan fingerprint density at radius 1 is 1.28 bits per heavy atom. The maximum atomic E-state index is 12.4. The first-order valence-electron chi connectivity index (χ1n) is 8.29. The van der Waals surface area contributed by atoms with Crippen molar-refractivity contribution >= 4 is 16.9 Å². The molecule has 0 radical (unpaired) electrons. The molecule has 3 aromatic rings. The number of amides is 1. The van der Waals surface area contributed by atoms with Crippen LogP contribution in [-0.4, -0.2) is 27.6 Å². The molecule has 0 aliphatic heterocycles. The molecular weight excluding hydrogens is 318 g/mol. The lowest BCUT2D eigenvalue weighted by Gasteiger charge is -2.08. The predicted octanol–water partition coefficient (Wildman–Crippen LogP) is 2.77. The van der Waals surface area contributed by atoms with Gasteiger partial charge in [-0.25, -0.2) is 4.98 Å². The van der Waals surface area contributed by atoms with E-state index < -0.39 is 0 Å². The molecule has 1 amide bonds. The monoisotopic (exact) mass is 339 g/mol. The number of aromatic nitrogens is 2. The van der Waals surface area contributed by atoms with E-state index in [9.17, 15) is 4.79 Å². The van der Waals surface area contributed by atoms with Gasteiger partial charge in [-0.15, -0.1) is 0 Å². The molecule has 25 heavy (non-hydrogen) atoms. The number of fused-ring (bicyclic) bond motifs is 1. The molecule has 1 aromatic heterocycles. The molecule has 6 nitrogen and oxygen atoms in total. The van der Waals surface area contributed by atoms with Crippen molar-refractivity contribution in [3.05, 3.63) is 59.4 Å². The molecule has 0 fully saturated rings. The molecule has 130 valence electrons. The summed E-state index contributed by atoms with van der Waals surface area (Å²) >= 11 is 0. The zero-order valence-electron chi connectivity index (χ0n) is 14.1. The number of imidazole rings is 1. The van der Waals surface area contributed by atoms with Gasteiger partial charge < -0.3 is 20.1 Å². The minimum Gasteiger partial charge on any atom is -0.494 e. The second kappa shape index (κ2) is 7.81. The van der Waals surface area contributed by atoms with Crippen molar-refractivity contribution < 1.29 is 14.6 Å². The molecular formula is C19H21N3O3. The zero-order chi connectivity index (χ0) is 17.6. The molecule has 1 heterocycles. The van der Waals surface area contributed by atoms with Crippen LogP contribution in [0.15, 0.2) is 42.5 Å². The summed E-state index contributed by atoms with van der Waals surface area (Å²) in [6.45, 7) is 3.00. The van der Waals surface area contributed by atoms with Gasteiger partial charge in [0.25, 0.3) is 5.91 Å². The SMILES string of the molecule is CCCOc1cccc(CNC(=O)c2ccc3nc(CO)[nH]c3c2)c1. The first-order valence-corrected chi connectivity index (χ1v) is 8.29. The Morgan fingerprint density at radius 2 is 2.16 bits per heavy atom. The molecule has 2 aromatic carbocycles. The summed E-state index contributed by atoms with van der Waals surface area (Å²) in [5.41, 5.74) is 2.97. The zero-order valence-corrected chi connectivity index (χ0v) is 14.1. The van der Waals surface area contributed by atoms with Gasteiger partial charge in [0, 0.05) is 12.1 Å². The van der Waals surface area contributed by atoms with Gasteiger partial charge in [0.15, 0.2) is 0 Å². The molecule has 0 aliphatic carbocycles. The Morgan fingerprint density at radius 3 is 2.96 bits per heavy atom. The molecule has 3 N–H and O–H groups in total. The summed E-state index contributed by atoms with van der Waals surface area (Å²) in [6, 6.07) is 12.9. The van der Waals surface area contributed by atoms with Crippen LogP contribution in [0.3, 0.4) is 0 Å². The maximum Gasteiger partial charge on any atom is 0.251 e. The number of carbonyl (C=O) groups excluding carboxylic acids is 1. The summed E-state index contributed by atoms with van der Waals surface area (Å²) in [7, 11) is 0. The van der Waals surface area contributed by atoms with Crippen molar-refractivity contribution in [1.82, 2.24) is 15.3 Å². The fraction of sp³-hybridized carbons (Fsp3) is 0.263. The van der Waals surface area contributed by atoms with Crippen molar-refractivity contribution in [1.29, 1.82) is 0 Å². The maximum absolute atomic E-state index is 12.4. The van der Waals surface area contributed by atoms with Crippen LogP contribution in [-0.2, 0) is 13.2 Å². The molecule has 0 unspecified atom stereocenters. The van der Waals surface area contributed by atoms with Gasteiger partial charge in [-0.2, -0.15) is 0 Å². The number of rotatable bonds is 7. The minimum absolute atomic E-state index is 0.160. The van der Waals surface area contributed by atoms with Crippen molar-refractivity contribution in [2.75, 3.05) is 6.61 Å². The number of ether oxygens (including phenoxy) is 1. The quantitative estimate of drug-likeness (QED) is 0.618. The molecule has 0 aliphatic rings. The smallest absolute Gasteiger partial charge is 0.251 e. The number of hydrogen-bond donors (Lipinski definition) is 3. The number of aromatic amines is 1. The standard InChI is InChI=1S/C19H21N3O3/c1-2-8-25-15-5-3-4-13(9-15)11-20-19(24)14-6-7-16-17(10-14)22-18(12-23)21-16/h3-7,9-10,23H,2,8,11-12H2,1H3,(H,20,24)(H,21,22). The highest BCUT2D eigenvalue weighted by Gasteiger charge is 2.09. The Labute approximate surface area is 145 Å². The number of carbonyl (C=O) groups is 1. The van der Waals surface area contributed by atoms with E-state index in [-0.39, 0.29) is 12.5 Å². The predicted molar refractivity (Wildman–Crippen MR) is 95.4 cm³/mol. The minimum atomic E-state index is -0.165. The second-order valence-corrected chi connectivity index (χ2v) is 5.75. The van der Waals surface area contributed by atoms with Crippen LogP contribution < -0.4 is 10.1 Å². The van der Waals surface area contributed by atoms with E-state index in [1.54, 1.807) is 18.2 Å². The molecule has 0 saturated carbocycles. The van der Waals surface area contributed by atoms with E-state index >= 15 is 0 Å². The molecule has 0 atom stereocenters. The van der Waals surface area contributed by atoms with Crippen LogP contribution in [0.1, 0.15) is 35.1 Å². The van der Waals surface area contributed by atoms with Crippen molar-refractivity contribution in [2.24, 2.45) is 0 Å². The topological polar surface area (TPSA) is 87.2 Å². The van der Waals surface area contributed by atoms with E-state index in [0.717, 1.165) is 28.8 Å². The largest absolute Gasteiger partial charge is 0.494 e. The third-order valence-electron chi connectivity index (χ3n) is 3.77. The molecule has 0 bridgehead atoms. The fourth-order valence-corrected chi connectivity index (χ4v) is 2.53. The lowest BCUT2D eigenvalue weighted by Crippen LogP contribution is -2.22. The van der Waals surface area contributed by atoms with E-state index in [4.69, 9.17) is 9.84 Å². The van der Waals surface area contributed by atoms with E-state index in [1.165, 1.54) is 0 Å². The first kappa shape index (κ1) is 17.0. The Balaban J connectivity index is 1.66. The number of nitrogens with zero attached hydrogens (tertiary/aromatic N) is 1. The first-order chi connectivity index (χ1) is 12.2. The van der Waals surface area contributed by atoms with Crippen LogP contribution in [0.25, 0.3) is 11.0 Å². The lowest BCUT2D eigenvalue weighted by molar-refractivity contribution is 0.0951. The van der Waals surface area contributed by atoms with Gasteiger partial charge in [-0.3, -0.25) is 4.79 Å². The highest BCUT2D eigenvalue weighted by atomic mass is 16.5. The van der Waals surface area contributed by atoms with Crippen LogP contribution in [0.5, 0.6) is 5.75 Å². The van der Waals surface area contributed by atoms with Crippen LogP contribution in [0.4, 0.5) is 0 Å². The fourth-order valence-electron chi connectivity index (χ4n) is 2.53. The average molecular weight is 339 g/mol. The van der Waals surface area contributed by atoms with Gasteiger partial charge in [-0.1, -0.05) is 19.1 Å². The van der Waals surface area contributed by atoms with E-state index in [1.807, 2.05) is 24.3 Å². The van der Waals surface area contributed by atoms with E-state index in [2.05, 4.69) is 22.2 Å². The van der Waals surface area contributed by atoms with Gasteiger partial charge in [-0.05, 0) is 42.3 Å². The molecule has 0 saturated heterocycles. The summed E-state index contributed by atoms with van der Waals surface area (Å²) in [5, 5.41) is 12.0. The normalized spacial score (nSPS) is 10.8. The van der Waals surface area contributed by atoms with Crippen molar-refractivity contribution in [2.45, 2.75) is 26.5 Å². The van der Waals surface area contributed by atoms with Crippen molar-refractivity contribution in [3.63, 3.8) is 0 Å². The molecule has 3 rings (SSSR count). The lowest BCUT2D eigenvalue weighted by atomic mass is 10.1. The second-order valence-electron chi connectivity index (χ2n) is 5.75. The molecule has 6 heteroatoms. The van der Waals surface area contributed by atoms with Gasteiger partial charge >= 0.3 is 0 Å². The Bertz CT molecular complexity index is 873. The Kier molecular flexibility index (Phi) is 5.30. The molecule has 0 spiro atoms. The summed E-state index contributed by atoms with van der Waals surface area (Å²) in [5.74, 6) is 1.13. The van der Waals surface area contributed by atoms with Gasteiger partial charge in [0.2, 0.25) is 0 Å². The number of H-pyrrole nitrogens is 1.